The molecule has 0 bridgehead atoms. The summed E-state index contributed by atoms with van der Waals surface area (Å²) in [6, 6.07) is 8.23. The van der Waals surface area contributed by atoms with Crippen molar-refractivity contribution in [2.75, 3.05) is 5.32 Å². The fraction of sp³-hybridized carbons (Fsp3) is 0.250. The molecular formula is C16H16BrN3O. The molecule has 5 heteroatoms. The summed E-state index contributed by atoms with van der Waals surface area (Å²) < 4.78 is 0.982. The lowest BCUT2D eigenvalue weighted by atomic mass is 10.2. The van der Waals surface area contributed by atoms with Crippen LogP contribution in [0.4, 0.5) is 11.4 Å². The van der Waals surface area contributed by atoms with E-state index in [1.807, 2.05) is 31.2 Å². The molecule has 3 rings (SSSR count). The number of aromatic nitrogens is 1. The molecule has 0 radical (unpaired) electrons. The van der Waals surface area contributed by atoms with Crippen LogP contribution in [0.1, 0.15) is 28.8 Å². The summed E-state index contributed by atoms with van der Waals surface area (Å²) in [5.41, 5.74) is 3.50. The van der Waals surface area contributed by atoms with Gasteiger partial charge in [-0.1, -0.05) is 6.07 Å². The van der Waals surface area contributed by atoms with Gasteiger partial charge in [-0.15, -0.1) is 0 Å². The summed E-state index contributed by atoms with van der Waals surface area (Å²) in [4.78, 5) is 16.2. The number of hydrogen-bond donors (Lipinski definition) is 2. The lowest BCUT2D eigenvalue weighted by Gasteiger charge is -2.10. The van der Waals surface area contributed by atoms with E-state index >= 15 is 0 Å². The maximum absolute atomic E-state index is 12.0. The first-order valence-electron chi connectivity index (χ1n) is 6.91. The van der Waals surface area contributed by atoms with Crippen LogP contribution in [0.3, 0.4) is 0 Å². The normalized spacial score (nSPS) is 13.8. The molecule has 108 valence electrons. The summed E-state index contributed by atoms with van der Waals surface area (Å²) in [7, 11) is 0. The quantitative estimate of drug-likeness (QED) is 0.886. The van der Waals surface area contributed by atoms with Gasteiger partial charge in [-0.25, -0.2) is 0 Å². The highest BCUT2D eigenvalue weighted by Gasteiger charge is 2.23. The number of halogens is 1. The highest BCUT2D eigenvalue weighted by molar-refractivity contribution is 9.10. The maximum atomic E-state index is 12.0. The number of aryl methyl sites for hydroxylation is 1. The van der Waals surface area contributed by atoms with Gasteiger partial charge in [0.05, 0.1) is 23.1 Å². The Morgan fingerprint density at radius 2 is 2.10 bits per heavy atom. The van der Waals surface area contributed by atoms with E-state index in [4.69, 9.17) is 0 Å². The highest BCUT2D eigenvalue weighted by atomic mass is 79.9. The molecule has 4 nitrogen and oxygen atoms in total. The van der Waals surface area contributed by atoms with Gasteiger partial charge in [0.25, 0.3) is 5.91 Å². The van der Waals surface area contributed by atoms with Gasteiger partial charge >= 0.3 is 0 Å². The number of nitrogens with zero attached hydrogens (tertiary/aromatic N) is 1. The van der Waals surface area contributed by atoms with Crippen molar-refractivity contribution < 1.29 is 4.79 Å². The van der Waals surface area contributed by atoms with E-state index in [1.165, 1.54) is 5.56 Å². The van der Waals surface area contributed by atoms with Crippen LogP contribution in [-0.2, 0) is 0 Å². The molecular weight excluding hydrogens is 330 g/mol. The Kier molecular flexibility index (Phi) is 3.92. The van der Waals surface area contributed by atoms with Crippen LogP contribution in [0.25, 0.3) is 0 Å². The maximum Gasteiger partial charge on any atom is 0.253 e. The lowest BCUT2D eigenvalue weighted by molar-refractivity contribution is 0.0951. The predicted octanol–water partition coefficient (Wildman–Crippen LogP) is 3.79. The minimum Gasteiger partial charge on any atom is -0.353 e. The molecule has 1 saturated carbocycles. The minimum absolute atomic E-state index is 0.0587. The molecule has 0 saturated heterocycles. The molecule has 1 aliphatic carbocycles. The van der Waals surface area contributed by atoms with Crippen LogP contribution in [-0.4, -0.2) is 16.9 Å². The number of anilines is 2. The van der Waals surface area contributed by atoms with E-state index in [0.717, 1.165) is 28.7 Å². The fourth-order valence-electron chi connectivity index (χ4n) is 2.01. The Hall–Kier alpha value is -1.88. The van der Waals surface area contributed by atoms with Crippen LogP contribution in [0.15, 0.2) is 41.1 Å². The summed E-state index contributed by atoms with van der Waals surface area (Å²) in [5, 5.41) is 6.24. The molecule has 1 amide bonds. The smallest absolute Gasteiger partial charge is 0.253 e. The Labute approximate surface area is 132 Å². The Bertz CT molecular complexity index is 683. The zero-order valence-electron chi connectivity index (χ0n) is 11.7. The van der Waals surface area contributed by atoms with Crippen molar-refractivity contribution in [3.8, 4) is 0 Å². The van der Waals surface area contributed by atoms with Crippen LogP contribution in [0.5, 0.6) is 0 Å². The van der Waals surface area contributed by atoms with Crippen molar-refractivity contribution >= 4 is 33.2 Å². The van der Waals surface area contributed by atoms with Crippen molar-refractivity contribution in [1.82, 2.24) is 10.3 Å². The van der Waals surface area contributed by atoms with Crippen molar-refractivity contribution in [3.63, 3.8) is 0 Å². The van der Waals surface area contributed by atoms with Gasteiger partial charge in [0.2, 0.25) is 0 Å². The van der Waals surface area contributed by atoms with Crippen LogP contribution >= 0.6 is 15.9 Å². The Morgan fingerprint density at radius 1 is 1.29 bits per heavy atom. The molecule has 0 unspecified atom stereocenters. The molecule has 2 aromatic rings. The third kappa shape index (κ3) is 3.61. The SMILES string of the molecule is Cc1ccc(Nc2cncc(C(=O)NC3CC3)c2)c(Br)c1. The molecule has 2 N–H and O–H groups in total. The predicted molar refractivity (Wildman–Crippen MR) is 86.9 cm³/mol. The zero-order valence-corrected chi connectivity index (χ0v) is 13.3. The molecule has 1 aliphatic rings. The van der Waals surface area contributed by atoms with Crippen LogP contribution in [0, 0.1) is 6.92 Å². The van der Waals surface area contributed by atoms with Crippen molar-refractivity contribution in [2.24, 2.45) is 0 Å². The van der Waals surface area contributed by atoms with Crippen molar-refractivity contribution in [3.05, 3.63) is 52.3 Å². The molecule has 1 heterocycles. The van der Waals surface area contributed by atoms with Gasteiger partial charge in [0.15, 0.2) is 0 Å². The van der Waals surface area contributed by atoms with Crippen LogP contribution in [0.2, 0.25) is 0 Å². The van der Waals surface area contributed by atoms with E-state index in [1.54, 1.807) is 12.4 Å². The van der Waals surface area contributed by atoms with Gasteiger partial charge in [0, 0.05) is 16.7 Å². The first-order chi connectivity index (χ1) is 10.1. The van der Waals surface area contributed by atoms with Gasteiger partial charge in [-0.2, -0.15) is 0 Å². The Balaban J connectivity index is 1.77. The van der Waals surface area contributed by atoms with Gasteiger partial charge in [0.1, 0.15) is 0 Å². The number of nitrogens with one attached hydrogen (secondary N) is 2. The topological polar surface area (TPSA) is 54.0 Å². The summed E-state index contributed by atoms with van der Waals surface area (Å²) in [5.74, 6) is -0.0587. The van der Waals surface area contributed by atoms with Crippen molar-refractivity contribution in [1.29, 1.82) is 0 Å². The first kappa shape index (κ1) is 14.1. The lowest BCUT2D eigenvalue weighted by Crippen LogP contribution is -2.25. The molecule has 1 aromatic carbocycles. The second kappa shape index (κ2) is 5.85. The second-order valence-corrected chi connectivity index (χ2v) is 6.17. The monoisotopic (exact) mass is 345 g/mol. The van der Waals surface area contributed by atoms with Gasteiger partial charge in [-0.05, 0) is 59.5 Å². The standard InChI is InChI=1S/C16H16BrN3O/c1-10-2-5-15(14(17)6-10)19-13-7-11(8-18-9-13)16(21)20-12-3-4-12/h2,5-9,12,19H,3-4H2,1H3,(H,20,21). The zero-order chi connectivity index (χ0) is 14.8. The fourth-order valence-corrected chi connectivity index (χ4v) is 2.60. The average Bonchev–Trinajstić information content (AvgIpc) is 3.26. The molecule has 0 spiro atoms. The van der Waals surface area contributed by atoms with Gasteiger partial charge < -0.3 is 10.6 Å². The summed E-state index contributed by atoms with van der Waals surface area (Å²) in [6.07, 6.45) is 5.45. The third-order valence-corrected chi connectivity index (χ3v) is 3.97. The van der Waals surface area contributed by atoms with E-state index in [0.29, 0.717) is 11.6 Å². The highest BCUT2D eigenvalue weighted by Crippen LogP contribution is 2.27. The number of rotatable bonds is 4. The number of benzene rings is 1. The third-order valence-electron chi connectivity index (χ3n) is 3.32. The van der Waals surface area contributed by atoms with E-state index in [9.17, 15) is 4.79 Å². The van der Waals surface area contributed by atoms with Crippen molar-refractivity contribution in [2.45, 2.75) is 25.8 Å². The first-order valence-corrected chi connectivity index (χ1v) is 7.70. The molecule has 0 atom stereocenters. The molecule has 0 aliphatic heterocycles. The minimum atomic E-state index is -0.0587. The van der Waals surface area contributed by atoms with E-state index in [-0.39, 0.29) is 5.91 Å². The number of carbonyl (C=O) groups excluding carboxylic acids is 1. The number of hydrogen-bond acceptors (Lipinski definition) is 3. The van der Waals surface area contributed by atoms with E-state index < -0.39 is 0 Å². The van der Waals surface area contributed by atoms with E-state index in [2.05, 4.69) is 31.5 Å². The number of amides is 1. The largest absolute Gasteiger partial charge is 0.353 e. The molecule has 1 aromatic heterocycles. The second-order valence-electron chi connectivity index (χ2n) is 5.32. The number of carbonyl (C=O) groups is 1. The van der Waals surface area contributed by atoms with Gasteiger partial charge in [-0.3, -0.25) is 9.78 Å². The summed E-state index contributed by atoms with van der Waals surface area (Å²) >= 11 is 3.53. The average molecular weight is 346 g/mol. The van der Waals surface area contributed by atoms with Crippen LogP contribution < -0.4 is 10.6 Å². The molecule has 21 heavy (non-hydrogen) atoms. The number of pyridine rings is 1. The Morgan fingerprint density at radius 3 is 2.81 bits per heavy atom. The summed E-state index contributed by atoms with van der Waals surface area (Å²) in [6.45, 7) is 2.04. The molecule has 1 fully saturated rings.